The summed E-state index contributed by atoms with van der Waals surface area (Å²) in [5.41, 5.74) is 6.49. The Bertz CT molecular complexity index is 439. The van der Waals surface area contributed by atoms with Crippen LogP contribution in [-0.4, -0.2) is 6.54 Å². The molecule has 90 valence electrons. The molecule has 0 saturated heterocycles. The molecule has 0 bridgehead atoms. The second-order valence-corrected chi connectivity index (χ2v) is 3.67. The summed E-state index contributed by atoms with van der Waals surface area (Å²) < 4.78 is 23.6. The summed E-state index contributed by atoms with van der Waals surface area (Å²) in [5.74, 6) is 0.473. The number of nitrogens with two attached hydrogens (primary N) is 1. The molecule has 0 aliphatic carbocycles. The third-order valence-electron chi connectivity index (χ3n) is 2.46. The van der Waals surface area contributed by atoms with Gasteiger partial charge in [-0.3, -0.25) is 0 Å². The second-order valence-electron chi connectivity index (χ2n) is 3.67. The van der Waals surface area contributed by atoms with Crippen molar-refractivity contribution < 1.29 is 13.5 Å². The van der Waals surface area contributed by atoms with Gasteiger partial charge in [0.25, 0.3) is 0 Å². The molecule has 2 aromatic rings. The highest BCUT2D eigenvalue weighted by Gasteiger charge is 2.10. The first-order valence-electron chi connectivity index (χ1n) is 5.39. The van der Waals surface area contributed by atoms with Crippen LogP contribution in [0, 0.1) is 5.82 Å². The maximum absolute atomic E-state index is 12.8. The fourth-order valence-corrected chi connectivity index (χ4v) is 1.56. The van der Waals surface area contributed by atoms with Crippen LogP contribution in [0.3, 0.4) is 0 Å². The lowest BCUT2D eigenvalue weighted by Crippen LogP contribution is -2.15. The van der Waals surface area contributed by atoms with Gasteiger partial charge in [0.2, 0.25) is 0 Å². The predicted octanol–water partition coefficient (Wildman–Crippen LogP) is 2.64. The third-order valence-corrected chi connectivity index (χ3v) is 2.46. The van der Waals surface area contributed by atoms with E-state index in [1.807, 2.05) is 6.07 Å². The number of hydrogen-bond donors (Lipinski definition) is 1. The lowest BCUT2D eigenvalue weighted by atomic mass is 10.1. The van der Waals surface area contributed by atoms with E-state index in [0.29, 0.717) is 13.2 Å². The van der Waals surface area contributed by atoms with Gasteiger partial charge in [-0.25, -0.2) is 4.39 Å². The van der Waals surface area contributed by atoms with Gasteiger partial charge in [0.05, 0.1) is 12.4 Å². The van der Waals surface area contributed by atoms with Crippen molar-refractivity contribution in [3.63, 3.8) is 0 Å². The van der Waals surface area contributed by atoms with E-state index >= 15 is 0 Å². The molecule has 1 aromatic heterocycles. The van der Waals surface area contributed by atoms with Crippen molar-refractivity contribution in [3.05, 3.63) is 59.8 Å². The molecule has 0 saturated carbocycles. The molecule has 3 nitrogen and oxygen atoms in total. The SMILES string of the molecule is NCC(OCc1ccco1)c1ccc(F)cc1. The van der Waals surface area contributed by atoms with E-state index in [2.05, 4.69) is 0 Å². The van der Waals surface area contributed by atoms with Gasteiger partial charge in [-0.15, -0.1) is 0 Å². The van der Waals surface area contributed by atoms with Crippen LogP contribution in [0.2, 0.25) is 0 Å². The summed E-state index contributed by atoms with van der Waals surface area (Å²) in [6.07, 6.45) is 1.34. The molecule has 17 heavy (non-hydrogen) atoms. The first kappa shape index (κ1) is 11.8. The molecule has 4 heteroatoms. The van der Waals surface area contributed by atoms with Crippen LogP contribution in [0.25, 0.3) is 0 Å². The van der Waals surface area contributed by atoms with E-state index in [1.165, 1.54) is 12.1 Å². The lowest BCUT2D eigenvalue weighted by Gasteiger charge is -2.15. The van der Waals surface area contributed by atoms with Gasteiger partial charge >= 0.3 is 0 Å². The first-order chi connectivity index (χ1) is 8.29. The standard InChI is InChI=1S/C13H14FNO2/c14-11-5-3-10(4-6-11)13(8-15)17-9-12-2-1-7-16-12/h1-7,13H,8-9,15H2. The van der Waals surface area contributed by atoms with Crippen molar-refractivity contribution >= 4 is 0 Å². The summed E-state index contributed by atoms with van der Waals surface area (Å²) >= 11 is 0. The third kappa shape index (κ3) is 3.15. The van der Waals surface area contributed by atoms with Crippen LogP contribution >= 0.6 is 0 Å². The molecule has 0 radical (unpaired) electrons. The molecule has 1 unspecified atom stereocenters. The highest BCUT2D eigenvalue weighted by atomic mass is 19.1. The van der Waals surface area contributed by atoms with Gasteiger partial charge in [-0.2, -0.15) is 0 Å². The molecule has 0 aliphatic heterocycles. The van der Waals surface area contributed by atoms with Gasteiger partial charge in [-0.05, 0) is 29.8 Å². The summed E-state index contributed by atoms with van der Waals surface area (Å²) in [7, 11) is 0. The van der Waals surface area contributed by atoms with Crippen LogP contribution in [0.1, 0.15) is 17.4 Å². The van der Waals surface area contributed by atoms with E-state index in [4.69, 9.17) is 14.9 Å². The minimum Gasteiger partial charge on any atom is -0.467 e. The second kappa shape index (κ2) is 5.61. The Morgan fingerprint density at radius 2 is 2.00 bits per heavy atom. The topological polar surface area (TPSA) is 48.4 Å². The van der Waals surface area contributed by atoms with Gasteiger partial charge in [0.1, 0.15) is 18.2 Å². The lowest BCUT2D eigenvalue weighted by molar-refractivity contribution is 0.0355. The zero-order valence-electron chi connectivity index (χ0n) is 9.30. The van der Waals surface area contributed by atoms with Crippen molar-refractivity contribution in [3.8, 4) is 0 Å². The minimum atomic E-state index is -0.268. The molecule has 1 heterocycles. The Hall–Kier alpha value is -1.65. The smallest absolute Gasteiger partial charge is 0.129 e. The minimum absolute atomic E-state index is 0.249. The van der Waals surface area contributed by atoms with Crippen molar-refractivity contribution in [2.45, 2.75) is 12.7 Å². The monoisotopic (exact) mass is 235 g/mol. The van der Waals surface area contributed by atoms with Crippen LogP contribution in [0.15, 0.2) is 47.1 Å². The first-order valence-corrected chi connectivity index (χ1v) is 5.39. The van der Waals surface area contributed by atoms with Crippen LogP contribution in [-0.2, 0) is 11.3 Å². The quantitative estimate of drug-likeness (QED) is 0.866. The zero-order chi connectivity index (χ0) is 12.1. The van der Waals surface area contributed by atoms with E-state index in [0.717, 1.165) is 11.3 Å². The Labute approximate surface area is 99.0 Å². The Balaban J connectivity index is 1.99. The molecular formula is C13H14FNO2. The molecule has 2 N–H and O–H groups in total. The molecule has 0 spiro atoms. The molecule has 0 amide bonds. The van der Waals surface area contributed by atoms with Gasteiger partial charge in [-0.1, -0.05) is 12.1 Å². The average molecular weight is 235 g/mol. The Kier molecular flexibility index (Phi) is 3.90. The fraction of sp³-hybridized carbons (Fsp3) is 0.231. The Morgan fingerprint density at radius 1 is 1.24 bits per heavy atom. The molecule has 1 aromatic carbocycles. The number of ether oxygens (including phenoxy) is 1. The highest BCUT2D eigenvalue weighted by Crippen LogP contribution is 2.18. The van der Waals surface area contributed by atoms with E-state index in [9.17, 15) is 4.39 Å². The summed E-state index contributed by atoms with van der Waals surface area (Å²) in [6, 6.07) is 9.78. The van der Waals surface area contributed by atoms with Gasteiger partial charge in [0, 0.05) is 6.54 Å². The number of furan rings is 1. The van der Waals surface area contributed by atoms with E-state index in [1.54, 1.807) is 24.5 Å². The van der Waals surface area contributed by atoms with Gasteiger partial charge in [0.15, 0.2) is 0 Å². The number of halogens is 1. The van der Waals surface area contributed by atoms with E-state index < -0.39 is 0 Å². The van der Waals surface area contributed by atoms with E-state index in [-0.39, 0.29) is 11.9 Å². The van der Waals surface area contributed by atoms with Crippen LogP contribution in [0.5, 0.6) is 0 Å². The van der Waals surface area contributed by atoms with Crippen LogP contribution < -0.4 is 5.73 Å². The highest BCUT2D eigenvalue weighted by molar-refractivity contribution is 5.19. The number of benzene rings is 1. The van der Waals surface area contributed by atoms with Crippen molar-refractivity contribution in [1.82, 2.24) is 0 Å². The molecular weight excluding hydrogens is 221 g/mol. The largest absolute Gasteiger partial charge is 0.467 e. The molecule has 1 atom stereocenters. The van der Waals surface area contributed by atoms with Crippen LogP contribution in [0.4, 0.5) is 4.39 Å². The zero-order valence-corrected chi connectivity index (χ0v) is 9.30. The summed E-state index contributed by atoms with van der Waals surface area (Å²) in [6.45, 7) is 0.693. The summed E-state index contributed by atoms with van der Waals surface area (Å²) in [5, 5.41) is 0. The number of rotatable bonds is 5. The Morgan fingerprint density at radius 3 is 2.59 bits per heavy atom. The van der Waals surface area contributed by atoms with Gasteiger partial charge < -0.3 is 14.9 Å². The van der Waals surface area contributed by atoms with Crippen molar-refractivity contribution in [1.29, 1.82) is 0 Å². The molecule has 0 fully saturated rings. The predicted molar refractivity (Wildman–Crippen MR) is 61.7 cm³/mol. The fourth-order valence-electron chi connectivity index (χ4n) is 1.56. The maximum Gasteiger partial charge on any atom is 0.129 e. The molecule has 0 aliphatic rings. The molecule has 2 rings (SSSR count). The average Bonchev–Trinajstić information content (AvgIpc) is 2.85. The normalized spacial score (nSPS) is 12.6. The van der Waals surface area contributed by atoms with Crippen molar-refractivity contribution in [2.75, 3.05) is 6.54 Å². The number of hydrogen-bond acceptors (Lipinski definition) is 3. The summed E-state index contributed by atoms with van der Waals surface area (Å²) in [4.78, 5) is 0. The maximum atomic E-state index is 12.8. The van der Waals surface area contributed by atoms with Crippen molar-refractivity contribution in [2.24, 2.45) is 5.73 Å².